The van der Waals surface area contributed by atoms with Crippen LogP contribution in [0.25, 0.3) is 0 Å². The van der Waals surface area contributed by atoms with Crippen LogP contribution in [0.1, 0.15) is 28.4 Å². The van der Waals surface area contributed by atoms with Gasteiger partial charge in [-0.1, -0.05) is 60.1 Å². The van der Waals surface area contributed by atoms with Gasteiger partial charge in [0, 0.05) is 13.6 Å². The molecule has 0 aromatic heterocycles. The molecule has 3 aromatic rings. The number of nitrogens with one attached hydrogen (secondary N) is 1. The number of halogens is 1. The van der Waals surface area contributed by atoms with Crippen molar-refractivity contribution in [1.29, 1.82) is 0 Å². The lowest BCUT2D eigenvalue weighted by Crippen LogP contribution is -2.45. The highest BCUT2D eigenvalue weighted by Crippen LogP contribution is 2.29. The fraction of sp³-hybridized carbons (Fsp3) is 0.231. The van der Waals surface area contributed by atoms with E-state index in [0.717, 1.165) is 11.1 Å². The summed E-state index contributed by atoms with van der Waals surface area (Å²) in [5.74, 6) is 0.596. The summed E-state index contributed by atoms with van der Waals surface area (Å²) in [4.78, 5) is 26.8. The van der Waals surface area contributed by atoms with Gasteiger partial charge in [-0.25, -0.2) is 0 Å². The Balaban J connectivity index is 1.60. The second kappa shape index (κ2) is 11.4. The molecule has 1 N–H and O–H groups in total. The minimum atomic E-state index is -0.714. The highest BCUT2D eigenvalue weighted by molar-refractivity contribution is 6.33. The van der Waals surface area contributed by atoms with Crippen molar-refractivity contribution in [3.05, 3.63) is 94.5 Å². The number of hydrogen-bond acceptors (Lipinski definition) is 4. The fourth-order valence-electron chi connectivity index (χ4n) is 3.33. The third kappa shape index (κ3) is 6.49. The number of ether oxygens (including phenoxy) is 2. The maximum absolute atomic E-state index is 12.8. The SMILES string of the molecule is COc1cc(CN(C)C(=O)[C@@H](C)NC(=O)c2ccccc2Cl)ccc1OCc1ccccc1. The quantitative estimate of drug-likeness (QED) is 0.496. The molecular formula is C26H27ClN2O4. The van der Waals surface area contributed by atoms with E-state index in [1.165, 1.54) is 0 Å². The Kier molecular flexibility index (Phi) is 8.33. The van der Waals surface area contributed by atoms with Gasteiger partial charge in [0.05, 0.1) is 17.7 Å². The molecule has 0 saturated heterocycles. The van der Waals surface area contributed by atoms with E-state index < -0.39 is 11.9 Å². The van der Waals surface area contributed by atoms with Gasteiger partial charge in [-0.2, -0.15) is 0 Å². The zero-order valence-corrected chi connectivity index (χ0v) is 19.6. The van der Waals surface area contributed by atoms with Crippen LogP contribution in [0, 0.1) is 0 Å². The molecule has 33 heavy (non-hydrogen) atoms. The van der Waals surface area contributed by atoms with Gasteiger partial charge in [-0.05, 0) is 42.3 Å². The third-order valence-corrected chi connectivity index (χ3v) is 5.43. The lowest BCUT2D eigenvalue weighted by molar-refractivity contribution is -0.132. The first kappa shape index (κ1) is 24.1. The standard InChI is InChI=1S/C26H27ClN2O4/c1-18(28-25(30)21-11-7-8-12-22(21)27)26(31)29(2)16-20-13-14-23(24(15-20)32-3)33-17-19-9-5-4-6-10-19/h4-15,18H,16-17H2,1-3H3,(H,28,30)/t18-/m1/s1. The van der Waals surface area contributed by atoms with Gasteiger partial charge >= 0.3 is 0 Å². The lowest BCUT2D eigenvalue weighted by atomic mass is 10.1. The van der Waals surface area contributed by atoms with Gasteiger partial charge in [0.15, 0.2) is 11.5 Å². The summed E-state index contributed by atoms with van der Waals surface area (Å²) in [6, 6.07) is 21.4. The van der Waals surface area contributed by atoms with Crippen molar-refractivity contribution in [2.24, 2.45) is 0 Å². The molecule has 0 aliphatic heterocycles. The van der Waals surface area contributed by atoms with Crippen molar-refractivity contribution in [1.82, 2.24) is 10.2 Å². The van der Waals surface area contributed by atoms with E-state index in [1.54, 1.807) is 50.2 Å². The average Bonchev–Trinajstić information content (AvgIpc) is 2.83. The van der Waals surface area contributed by atoms with E-state index in [-0.39, 0.29) is 5.91 Å². The number of nitrogens with zero attached hydrogens (tertiary/aromatic N) is 1. The van der Waals surface area contributed by atoms with Crippen LogP contribution < -0.4 is 14.8 Å². The van der Waals surface area contributed by atoms with Gasteiger partial charge in [-0.3, -0.25) is 9.59 Å². The number of benzene rings is 3. The molecule has 0 spiro atoms. The van der Waals surface area contributed by atoms with E-state index in [4.69, 9.17) is 21.1 Å². The second-order valence-electron chi connectivity index (χ2n) is 7.63. The summed E-state index contributed by atoms with van der Waals surface area (Å²) in [7, 11) is 3.27. The minimum absolute atomic E-state index is 0.223. The van der Waals surface area contributed by atoms with Crippen molar-refractivity contribution >= 4 is 23.4 Å². The van der Waals surface area contributed by atoms with Crippen LogP contribution >= 0.6 is 11.6 Å². The normalized spacial score (nSPS) is 11.4. The Hall–Kier alpha value is -3.51. The van der Waals surface area contributed by atoms with Gasteiger partial charge in [-0.15, -0.1) is 0 Å². The molecule has 3 aromatic carbocycles. The topological polar surface area (TPSA) is 67.9 Å². The molecule has 7 heteroatoms. The van der Waals surface area contributed by atoms with E-state index in [9.17, 15) is 9.59 Å². The Morgan fingerprint density at radius 3 is 2.36 bits per heavy atom. The van der Waals surface area contributed by atoms with Crippen LogP contribution in [-0.4, -0.2) is 36.9 Å². The molecule has 0 fully saturated rings. The van der Waals surface area contributed by atoms with E-state index in [2.05, 4.69) is 5.32 Å². The summed E-state index contributed by atoms with van der Waals surface area (Å²) in [6.07, 6.45) is 0. The first-order valence-electron chi connectivity index (χ1n) is 10.5. The molecular weight excluding hydrogens is 440 g/mol. The summed E-state index contributed by atoms with van der Waals surface area (Å²) in [5, 5.41) is 3.05. The van der Waals surface area contributed by atoms with Gasteiger partial charge in [0.1, 0.15) is 12.6 Å². The third-order valence-electron chi connectivity index (χ3n) is 5.10. The molecule has 0 bridgehead atoms. The Morgan fingerprint density at radius 1 is 0.970 bits per heavy atom. The molecule has 2 amide bonds. The van der Waals surface area contributed by atoms with Gasteiger partial charge in [0.25, 0.3) is 5.91 Å². The average molecular weight is 467 g/mol. The molecule has 0 aliphatic rings. The smallest absolute Gasteiger partial charge is 0.253 e. The summed E-state index contributed by atoms with van der Waals surface area (Å²) in [6.45, 7) is 2.42. The molecule has 6 nitrogen and oxygen atoms in total. The van der Waals surface area contributed by atoms with Crippen LogP contribution in [0.5, 0.6) is 11.5 Å². The van der Waals surface area contributed by atoms with Crippen molar-refractivity contribution in [3.8, 4) is 11.5 Å². The number of amides is 2. The van der Waals surface area contributed by atoms with Crippen LogP contribution in [0.4, 0.5) is 0 Å². The highest BCUT2D eigenvalue weighted by Gasteiger charge is 2.21. The number of carbonyl (C=O) groups excluding carboxylic acids is 2. The first-order chi connectivity index (χ1) is 15.9. The number of rotatable bonds is 9. The predicted octanol–water partition coefficient (Wildman–Crippen LogP) is 4.70. The Morgan fingerprint density at radius 2 is 1.67 bits per heavy atom. The maximum atomic E-state index is 12.8. The Bertz CT molecular complexity index is 1100. The fourth-order valence-corrected chi connectivity index (χ4v) is 3.55. The predicted molar refractivity (Wildman–Crippen MR) is 129 cm³/mol. The molecule has 0 saturated carbocycles. The molecule has 1 atom stereocenters. The number of hydrogen-bond donors (Lipinski definition) is 1. The van der Waals surface area contributed by atoms with Crippen molar-refractivity contribution in [3.63, 3.8) is 0 Å². The highest BCUT2D eigenvalue weighted by atomic mass is 35.5. The van der Waals surface area contributed by atoms with Crippen molar-refractivity contribution in [2.45, 2.75) is 26.1 Å². The van der Waals surface area contributed by atoms with Crippen LogP contribution in [-0.2, 0) is 17.9 Å². The number of carbonyl (C=O) groups is 2. The summed E-state index contributed by atoms with van der Waals surface area (Å²) < 4.78 is 11.4. The molecule has 3 rings (SSSR count). The van der Waals surface area contributed by atoms with Gasteiger partial charge < -0.3 is 19.7 Å². The van der Waals surface area contributed by atoms with Crippen LogP contribution in [0.15, 0.2) is 72.8 Å². The van der Waals surface area contributed by atoms with E-state index >= 15 is 0 Å². The van der Waals surface area contributed by atoms with Gasteiger partial charge in [0.2, 0.25) is 5.91 Å². The zero-order chi connectivity index (χ0) is 23.8. The molecule has 0 radical (unpaired) electrons. The maximum Gasteiger partial charge on any atom is 0.253 e. The largest absolute Gasteiger partial charge is 0.493 e. The van der Waals surface area contributed by atoms with E-state index in [1.807, 2.05) is 48.5 Å². The van der Waals surface area contributed by atoms with E-state index in [0.29, 0.717) is 35.2 Å². The zero-order valence-electron chi connectivity index (χ0n) is 18.9. The van der Waals surface area contributed by atoms with Crippen molar-refractivity contribution < 1.29 is 19.1 Å². The summed E-state index contributed by atoms with van der Waals surface area (Å²) >= 11 is 6.07. The van der Waals surface area contributed by atoms with Crippen molar-refractivity contribution in [2.75, 3.05) is 14.2 Å². The van der Waals surface area contributed by atoms with Crippen LogP contribution in [0.2, 0.25) is 5.02 Å². The number of methoxy groups -OCH3 is 1. The molecule has 172 valence electrons. The second-order valence-corrected chi connectivity index (χ2v) is 8.04. The minimum Gasteiger partial charge on any atom is -0.493 e. The van der Waals surface area contributed by atoms with Crippen LogP contribution in [0.3, 0.4) is 0 Å². The Labute approximate surface area is 199 Å². The lowest BCUT2D eigenvalue weighted by Gasteiger charge is -2.23. The first-order valence-corrected chi connectivity index (χ1v) is 10.9. The molecule has 0 unspecified atom stereocenters. The number of likely N-dealkylation sites (N-methyl/N-ethyl adjacent to an activating group) is 1. The summed E-state index contributed by atoms with van der Waals surface area (Å²) in [5.41, 5.74) is 2.26. The monoisotopic (exact) mass is 466 g/mol. The molecule has 0 heterocycles. The molecule has 0 aliphatic carbocycles.